The summed E-state index contributed by atoms with van der Waals surface area (Å²) in [6.07, 6.45) is 4.10. The molecule has 5 nitrogen and oxygen atoms in total. The minimum Gasteiger partial charge on any atom is -0.529 e. The van der Waals surface area contributed by atoms with E-state index in [1.807, 2.05) is 0 Å². The molecule has 0 fully saturated rings. The van der Waals surface area contributed by atoms with Crippen LogP contribution in [0.1, 0.15) is 52.4 Å². The third kappa shape index (κ3) is 6.51. The Balaban J connectivity index is 3.97. The molecule has 0 aliphatic heterocycles. The molecule has 0 unspecified atom stereocenters. The Kier molecular flexibility index (Phi) is 7.95. The molecule has 17 heavy (non-hydrogen) atoms. The molecule has 0 aliphatic rings. The number of amides is 1. The predicted molar refractivity (Wildman–Crippen MR) is 64.9 cm³/mol. The van der Waals surface area contributed by atoms with Crippen LogP contribution in [0.15, 0.2) is 0 Å². The summed E-state index contributed by atoms with van der Waals surface area (Å²) < 4.78 is 23.6. The Morgan fingerprint density at radius 3 is 2.06 bits per heavy atom. The van der Waals surface area contributed by atoms with E-state index in [0.717, 1.165) is 32.1 Å². The first-order valence-corrected chi connectivity index (χ1v) is 7.78. The quantitative estimate of drug-likeness (QED) is 0.589. The van der Waals surface area contributed by atoms with Crippen molar-refractivity contribution in [3.8, 4) is 0 Å². The number of carboxylic acid groups (broad SMARTS) is 1. The van der Waals surface area contributed by atoms with E-state index in [2.05, 4.69) is 6.92 Å². The molecule has 102 valence electrons. The van der Waals surface area contributed by atoms with E-state index < -0.39 is 16.1 Å². The topological polar surface area (TPSA) is 77.5 Å². The summed E-state index contributed by atoms with van der Waals surface area (Å²) in [5.74, 6) is -0.110. The van der Waals surface area contributed by atoms with Crippen molar-refractivity contribution >= 4 is 16.1 Å². The average molecular weight is 264 g/mol. The first-order chi connectivity index (χ1) is 7.95. The lowest BCUT2D eigenvalue weighted by molar-refractivity contribution is -0.259. The molecule has 6 heteroatoms. The molecule has 0 rings (SSSR count). The van der Waals surface area contributed by atoms with Crippen LogP contribution in [0.2, 0.25) is 0 Å². The lowest BCUT2D eigenvalue weighted by Crippen LogP contribution is -2.45. The third-order valence-corrected chi connectivity index (χ3v) is 4.47. The molecule has 0 saturated carbocycles. The zero-order chi connectivity index (χ0) is 13.3. The molecular formula is C11H22NO4S-. The van der Waals surface area contributed by atoms with Gasteiger partial charge in [0.05, 0.1) is 5.75 Å². The average Bonchev–Trinajstić information content (AvgIpc) is 2.23. The smallest absolute Gasteiger partial charge is 0.236 e. The van der Waals surface area contributed by atoms with Crippen LogP contribution in [-0.2, 0) is 10.0 Å². The van der Waals surface area contributed by atoms with E-state index in [1.165, 1.54) is 6.92 Å². The van der Waals surface area contributed by atoms with Crippen LogP contribution in [0, 0.1) is 0 Å². The van der Waals surface area contributed by atoms with Crippen molar-refractivity contribution in [2.45, 2.75) is 52.4 Å². The van der Waals surface area contributed by atoms with Crippen LogP contribution in [0.4, 0.5) is 4.79 Å². The molecule has 0 spiro atoms. The van der Waals surface area contributed by atoms with Crippen LogP contribution in [0.3, 0.4) is 0 Å². The van der Waals surface area contributed by atoms with E-state index in [9.17, 15) is 18.3 Å². The van der Waals surface area contributed by atoms with Gasteiger partial charge in [-0.25, -0.2) is 8.42 Å². The Morgan fingerprint density at radius 1 is 1.06 bits per heavy atom. The van der Waals surface area contributed by atoms with Crippen molar-refractivity contribution in [2.75, 3.05) is 12.3 Å². The van der Waals surface area contributed by atoms with Crippen LogP contribution in [-0.4, -0.2) is 31.1 Å². The second-order valence-electron chi connectivity index (χ2n) is 4.01. The number of hydrogen-bond donors (Lipinski definition) is 0. The molecule has 0 aromatic heterocycles. The van der Waals surface area contributed by atoms with Gasteiger partial charge >= 0.3 is 0 Å². The summed E-state index contributed by atoms with van der Waals surface area (Å²) in [5.41, 5.74) is 0. The maximum atomic E-state index is 11.6. The number of carbonyl (C=O) groups excluding carboxylic acids is 1. The Morgan fingerprint density at radius 2 is 1.59 bits per heavy atom. The van der Waals surface area contributed by atoms with Gasteiger partial charge in [-0.2, -0.15) is 0 Å². The summed E-state index contributed by atoms with van der Waals surface area (Å²) >= 11 is 0. The molecule has 0 aliphatic carbocycles. The molecular weight excluding hydrogens is 242 g/mol. The molecule has 0 aromatic rings. The molecule has 0 bridgehead atoms. The number of rotatable bonds is 9. The Bertz CT molecular complexity index is 313. The van der Waals surface area contributed by atoms with Gasteiger partial charge in [0.15, 0.2) is 6.09 Å². The fraction of sp³-hybridized carbons (Fsp3) is 0.909. The molecule has 1 amide bonds. The minimum atomic E-state index is -3.69. The van der Waals surface area contributed by atoms with Crippen molar-refractivity contribution < 1.29 is 18.3 Å². The van der Waals surface area contributed by atoms with Gasteiger partial charge in [-0.05, 0) is 13.3 Å². The monoisotopic (exact) mass is 264 g/mol. The van der Waals surface area contributed by atoms with Gasteiger partial charge in [-0.3, -0.25) is 4.31 Å². The van der Waals surface area contributed by atoms with Crippen LogP contribution in [0.5, 0.6) is 0 Å². The normalized spacial score (nSPS) is 11.4. The highest BCUT2D eigenvalue weighted by Gasteiger charge is 2.19. The Hall–Kier alpha value is -0.780. The molecule has 0 N–H and O–H groups in total. The van der Waals surface area contributed by atoms with Gasteiger partial charge in [0.2, 0.25) is 10.0 Å². The van der Waals surface area contributed by atoms with Gasteiger partial charge in [-0.15, -0.1) is 0 Å². The fourth-order valence-corrected chi connectivity index (χ4v) is 3.02. The first kappa shape index (κ1) is 16.2. The van der Waals surface area contributed by atoms with Crippen molar-refractivity contribution in [2.24, 2.45) is 0 Å². The summed E-state index contributed by atoms with van der Waals surface area (Å²) in [6.45, 7) is 3.51. The number of nitrogens with zero attached hydrogens (tertiary/aromatic N) is 1. The van der Waals surface area contributed by atoms with Crippen LogP contribution >= 0.6 is 0 Å². The summed E-state index contributed by atoms with van der Waals surface area (Å²) in [5, 5.41) is 10.6. The van der Waals surface area contributed by atoms with Gasteiger partial charge in [0, 0.05) is 6.54 Å². The molecule has 0 heterocycles. The second kappa shape index (κ2) is 8.33. The van der Waals surface area contributed by atoms with Gasteiger partial charge in [-0.1, -0.05) is 39.0 Å². The van der Waals surface area contributed by atoms with E-state index in [1.54, 1.807) is 0 Å². The zero-order valence-electron chi connectivity index (χ0n) is 10.6. The summed E-state index contributed by atoms with van der Waals surface area (Å²) in [7, 11) is -3.69. The number of carbonyl (C=O) groups is 1. The molecule has 0 aromatic carbocycles. The van der Waals surface area contributed by atoms with Crippen molar-refractivity contribution in [1.29, 1.82) is 0 Å². The van der Waals surface area contributed by atoms with Gasteiger partial charge in [0.25, 0.3) is 0 Å². The highest BCUT2D eigenvalue weighted by molar-refractivity contribution is 7.89. The maximum absolute atomic E-state index is 11.6. The number of hydrogen-bond acceptors (Lipinski definition) is 4. The number of unbranched alkanes of at least 4 members (excludes halogenated alkanes) is 5. The third-order valence-electron chi connectivity index (χ3n) is 2.58. The van der Waals surface area contributed by atoms with Crippen molar-refractivity contribution in [3.05, 3.63) is 0 Å². The van der Waals surface area contributed by atoms with E-state index in [4.69, 9.17) is 0 Å². The van der Waals surface area contributed by atoms with Crippen molar-refractivity contribution in [1.82, 2.24) is 4.31 Å². The van der Waals surface area contributed by atoms with Crippen LogP contribution in [0.25, 0.3) is 0 Å². The zero-order valence-corrected chi connectivity index (χ0v) is 11.5. The van der Waals surface area contributed by atoms with Crippen molar-refractivity contribution in [3.63, 3.8) is 0 Å². The largest absolute Gasteiger partial charge is 0.529 e. The number of sulfonamides is 1. The molecule has 0 radical (unpaired) electrons. The fourth-order valence-electron chi connectivity index (χ4n) is 1.61. The maximum Gasteiger partial charge on any atom is 0.236 e. The minimum absolute atomic E-state index is 0.0828. The molecule has 0 saturated heterocycles. The SMILES string of the molecule is CCCCCCCCS(=O)(=O)N(CC)C(=O)[O-]. The lowest BCUT2D eigenvalue weighted by Gasteiger charge is -2.22. The summed E-state index contributed by atoms with van der Waals surface area (Å²) in [6, 6.07) is 0. The standard InChI is InChI=1S/C11H23NO4S/c1-3-5-6-7-8-9-10-17(15,16)12(4-2)11(13)14/h3-10H2,1-2H3,(H,13,14)/p-1. The van der Waals surface area contributed by atoms with E-state index >= 15 is 0 Å². The van der Waals surface area contributed by atoms with Gasteiger partial charge < -0.3 is 9.90 Å². The highest BCUT2D eigenvalue weighted by atomic mass is 32.2. The van der Waals surface area contributed by atoms with E-state index in [-0.39, 0.29) is 12.3 Å². The van der Waals surface area contributed by atoms with E-state index in [0.29, 0.717) is 10.7 Å². The second-order valence-corrected chi connectivity index (χ2v) is 6.03. The van der Waals surface area contributed by atoms with Crippen LogP contribution < -0.4 is 5.11 Å². The first-order valence-electron chi connectivity index (χ1n) is 6.17. The molecule has 0 atom stereocenters. The predicted octanol–water partition coefficient (Wildman–Crippen LogP) is 1.34. The Labute approximate surface area is 104 Å². The van der Waals surface area contributed by atoms with Gasteiger partial charge in [0.1, 0.15) is 0 Å². The summed E-state index contributed by atoms with van der Waals surface area (Å²) in [4.78, 5) is 10.6. The lowest BCUT2D eigenvalue weighted by atomic mass is 10.1. The highest BCUT2D eigenvalue weighted by Crippen LogP contribution is 2.09.